The highest BCUT2D eigenvalue weighted by molar-refractivity contribution is 14.1. The van der Waals surface area contributed by atoms with Crippen LogP contribution in [0.15, 0.2) is 109 Å². The minimum atomic E-state index is 0.624. The van der Waals surface area contributed by atoms with Gasteiger partial charge in [-0.2, -0.15) is 0 Å². The first kappa shape index (κ1) is 21.6. The second-order valence-corrected chi connectivity index (χ2v) is 8.15. The zero-order chi connectivity index (χ0) is 20.3. The molecule has 0 N–H and O–H groups in total. The Morgan fingerprint density at radius 3 is 1.14 bits per heavy atom. The standard InChI is InChI=1S/C12H8I2O3.C12H10/c13-9-5-1-3-7-11(9)15-17-16-12-8-4-2-6-10(12)14;1-3-7-11(8-4-1)12-9-5-2-6-10-12/h1-8H;1-10H. The van der Waals surface area contributed by atoms with E-state index in [1.54, 1.807) is 12.1 Å². The van der Waals surface area contributed by atoms with Crippen LogP contribution >= 0.6 is 45.2 Å². The monoisotopic (exact) mass is 608 g/mol. The molecule has 0 aromatic heterocycles. The highest BCUT2D eigenvalue weighted by Gasteiger charge is 2.03. The lowest BCUT2D eigenvalue weighted by molar-refractivity contribution is -0.411. The van der Waals surface area contributed by atoms with Gasteiger partial charge in [0.15, 0.2) is 11.5 Å². The van der Waals surface area contributed by atoms with Crippen LogP contribution in [-0.4, -0.2) is 0 Å². The first-order chi connectivity index (χ1) is 14.2. The van der Waals surface area contributed by atoms with Crippen LogP contribution in [0, 0.1) is 7.14 Å². The van der Waals surface area contributed by atoms with Crippen molar-refractivity contribution in [3.8, 4) is 22.6 Å². The molecule has 0 radical (unpaired) electrons. The van der Waals surface area contributed by atoms with Crippen LogP contribution in [0.3, 0.4) is 0 Å². The molecule has 0 fully saturated rings. The minimum Gasteiger partial charge on any atom is -0.298 e. The van der Waals surface area contributed by atoms with Gasteiger partial charge in [-0.3, -0.25) is 9.78 Å². The molecular formula is C24H18I2O3. The van der Waals surface area contributed by atoms with E-state index in [1.807, 2.05) is 48.5 Å². The molecule has 0 unspecified atom stereocenters. The molecule has 0 aliphatic carbocycles. The number of rotatable bonds is 5. The molecule has 0 atom stereocenters. The van der Waals surface area contributed by atoms with Crippen molar-refractivity contribution in [1.82, 2.24) is 0 Å². The van der Waals surface area contributed by atoms with Crippen LogP contribution in [0.2, 0.25) is 0 Å². The van der Waals surface area contributed by atoms with E-state index in [9.17, 15) is 0 Å². The maximum Gasteiger partial charge on any atom is 0.182 e. The van der Waals surface area contributed by atoms with Gasteiger partial charge in [-0.05, 0) is 80.6 Å². The van der Waals surface area contributed by atoms with Gasteiger partial charge in [0, 0.05) is 5.04 Å². The fourth-order valence-electron chi connectivity index (χ4n) is 2.38. The molecule has 0 aliphatic heterocycles. The fourth-order valence-corrected chi connectivity index (χ4v) is 3.33. The van der Waals surface area contributed by atoms with Crippen LogP contribution in [0.1, 0.15) is 0 Å². The summed E-state index contributed by atoms with van der Waals surface area (Å²) in [6, 6.07) is 35.8. The number of benzene rings is 4. The molecule has 0 amide bonds. The topological polar surface area (TPSA) is 27.7 Å². The van der Waals surface area contributed by atoms with Gasteiger partial charge in [0.2, 0.25) is 0 Å². The van der Waals surface area contributed by atoms with Crippen molar-refractivity contribution in [1.29, 1.82) is 0 Å². The number of para-hydroxylation sites is 2. The van der Waals surface area contributed by atoms with Gasteiger partial charge in [0.05, 0.1) is 7.14 Å². The van der Waals surface area contributed by atoms with Crippen LogP contribution in [0.4, 0.5) is 0 Å². The second-order valence-electron chi connectivity index (χ2n) is 5.83. The summed E-state index contributed by atoms with van der Waals surface area (Å²) in [5.74, 6) is 1.25. The van der Waals surface area contributed by atoms with E-state index in [0.717, 1.165) is 7.14 Å². The third-order valence-corrected chi connectivity index (χ3v) is 5.58. The van der Waals surface area contributed by atoms with Gasteiger partial charge < -0.3 is 0 Å². The zero-order valence-electron chi connectivity index (χ0n) is 15.4. The van der Waals surface area contributed by atoms with Crippen LogP contribution < -0.4 is 9.78 Å². The van der Waals surface area contributed by atoms with E-state index < -0.39 is 0 Å². The second kappa shape index (κ2) is 11.8. The summed E-state index contributed by atoms with van der Waals surface area (Å²) >= 11 is 4.32. The number of hydrogen-bond donors (Lipinski definition) is 0. The van der Waals surface area contributed by atoms with Gasteiger partial charge in [-0.15, -0.1) is 0 Å². The van der Waals surface area contributed by atoms with Crippen molar-refractivity contribution in [2.45, 2.75) is 0 Å². The lowest BCUT2D eigenvalue weighted by atomic mass is 10.1. The Hall–Kier alpha value is -2.10. The summed E-state index contributed by atoms with van der Waals surface area (Å²) < 4.78 is 1.91. The predicted octanol–water partition coefficient (Wildman–Crippen LogP) is 7.55. The van der Waals surface area contributed by atoms with Crippen LogP contribution in [0.5, 0.6) is 11.5 Å². The minimum absolute atomic E-state index is 0.624. The summed E-state index contributed by atoms with van der Waals surface area (Å²) in [7, 11) is 0. The molecule has 0 aliphatic rings. The van der Waals surface area contributed by atoms with E-state index in [-0.39, 0.29) is 0 Å². The lowest BCUT2D eigenvalue weighted by Crippen LogP contribution is -2.03. The third kappa shape index (κ3) is 7.02. The molecule has 0 heterocycles. The van der Waals surface area contributed by atoms with Crippen molar-refractivity contribution in [2.75, 3.05) is 0 Å². The molecule has 146 valence electrons. The van der Waals surface area contributed by atoms with Gasteiger partial charge in [0.25, 0.3) is 0 Å². The highest BCUT2D eigenvalue weighted by Crippen LogP contribution is 2.22. The summed E-state index contributed by atoms with van der Waals surface area (Å²) in [5, 5.41) is 4.76. The summed E-state index contributed by atoms with van der Waals surface area (Å²) in [6.45, 7) is 0. The molecule has 4 aromatic carbocycles. The Labute approximate surface area is 197 Å². The SMILES string of the molecule is Ic1ccccc1OOOc1ccccc1I.c1ccc(-c2ccccc2)cc1. The van der Waals surface area contributed by atoms with E-state index >= 15 is 0 Å². The Morgan fingerprint density at radius 2 is 0.759 bits per heavy atom. The molecule has 0 saturated heterocycles. The summed E-state index contributed by atoms with van der Waals surface area (Å²) in [6.07, 6.45) is 0. The molecule has 4 aromatic rings. The first-order valence-corrected chi connectivity index (χ1v) is 11.0. The molecule has 0 saturated carbocycles. The largest absolute Gasteiger partial charge is 0.298 e. The van der Waals surface area contributed by atoms with Crippen molar-refractivity contribution >= 4 is 45.2 Å². The van der Waals surface area contributed by atoms with E-state index in [2.05, 4.69) is 93.7 Å². The normalized spacial score (nSPS) is 9.86. The van der Waals surface area contributed by atoms with Gasteiger partial charge in [0.1, 0.15) is 0 Å². The molecule has 29 heavy (non-hydrogen) atoms. The number of hydrogen-bond acceptors (Lipinski definition) is 3. The smallest absolute Gasteiger partial charge is 0.182 e. The quantitative estimate of drug-likeness (QED) is 0.133. The van der Waals surface area contributed by atoms with Crippen LogP contribution in [0.25, 0.3) is 11.1 Å². The maximum atomic E-state index is 5.06. The van der Waals surface area contributed by atoms with E-state index in [4.69, 9.17) is 14.8 Å². The van der Waals surface area contributed by atoms with Crippen molar-refractivity contribution in [3.05, 3.63) is 116 Å². The first-order valence-electron chi connectivity index (χ1n) is 8.85. The Bertz CT molecular complexity index is 926. The third-order valence-electron chi connectivity index (χ3n) is 3.80. The van der Waals surface area contributed by atoms with Crippen LogP contribution in [-0.2, 0) is 5.04 Å². The van der Waals surface area contributed by atoms with Crippen molar-refractivity contribution in [3.63, 3.8) is 0 Å². The maximum absolute atomic E-state index is 5.06. The zero-order valence-corrected chi connectivity index (χ0v) is 19.7. The Kier molecular flexibility index (Phi) is 8.79. The molecule has 4 rings (SSSR count). The van der Waals surface area contributed by atoms with E-state index in [1.165, 1.54) is 11.1 Å². The van der Waals surface area contributed by atoms with Crippen molar-refractivity contribution in [2.24, 2.45) is 0 Å². The molecule has 3 nitrogen and oxygen atoms in total. The molecule has 0 spiro atoms. The summed E-state index contributed by atoms with van der Waals surface area (Å²) in [5.41, 5.74) is 2.55. The van der Waals surface area contributed by atoms with E-state index in [0.29, 0.717) is 11.5 Å². The average molecular weight is 608 g/mol. The van der Waals surface area contributed by atoms with Gasteiger partial charge in [-0.1, -0.05) is 84.9 Å². The Morgan fingerprint density at radius 1 is 0.414 bits per heavy atom. The lowest BCUT2D eigenvalue weighted by Gasteiger charge is -2.06. The van der Waals surface area contributed by atoms with Crippen molar-refractivity contribution < 1.29 is 14.8 Å². The van der Waals surface area contributed by atoms with Gasteiger partial charge >= 0.3 is 0 Å². The number of halogens is 2. The summed E-state index contributed by atoms with van der Waals surface area (Å²) in [4.78, 5) is 10.1. The molecule has 5 heteroatoms. The average Bonchev–Trinajstić information content (AvgIpc) is 2.78. The molecular weight excluding hydrogens is 590 g/mol. The molecule has 0 bridgehead atoms. The Balaban J connectivity index is 0.000000176. The van der Waals surface area contributed by atoms with Gasteiger partial charge in [-0.25, -0.2) is 0 Å². The highest BCUT2D eigenvalue weighted by atomic mass is 127. The predicted molar refractivity (Wildman–Crippen MR) is 133 cm³/mol. The fraction of sp³-hybridized carbons (Fsp3) is 0.